The van der Waals surface area contributed by atoms with Crippen LogP contribution in [0.4, 0.5) is 5.69 Å². The fourth-order valence-electron chi connectivity index (χ4n) is 3.48. The van der Waals surface area contributed by atoms with Crippen molar-refractivity contribution >= 4 is 23.0 Å². The maximum absolute atomic E-state index is 5.65. The maximum Gasteiger partial charge on any atom is 0.171 e. The largest absolute Gasteiger partial charge is 0.352 e. The average Bonchev–Trinajstić information content (AvgIpc) is 2.60. The highest BCUT2D eigenvalue weighted by Crippen LogP contribution is 2.26. The second kappa shape index (κ2) is 8.36. The van der Waals surface area contributed by atoms with Crippen LogP contribution >= 0.6 is 12.2 Å². The van der Waals surface area contributed by atoms with Crippen LogP contribution in [0.3, 0.4) is 0 Å². The van der Waals surface area contributed by atoms with Gasteiger partial charge >= 0.3 is 0 Å². The first-order valence-corrected chi connectivity index (χ1v) is 9.61. The Hall–Kier alpha value is -2.65. The molecule has 2 nitrogen and oxygen atoms in total. The first kappa shape index (κ1) is 19.1. The zero-order valence-electron chi connectivity index (χ0n) is 16.3. The minimum absolute atomic E-state index is 0.00212. The van der Waals surface area contributed by atoms with E-state index < -0.39 is 0 Å². The maximum atomic E-state index is 5.65. The van der Waals surface area contributed by atoms with Crippen LogP contribution in [0.2, 0.25) is 0 Å². The van der Waals surface area contributed by atoms with Gasteiger partial charge in [0.05, 0.1) is 6.04 Å². The first-order chi connectivity index (χ1) is 12.9. The highest BCUT2D eigenvalue weighted by atomic mass is 32.1. The van der Waals surface area contributed by atoms with Crippen LogP contribution in [0.1, 0.15) is 39.4 Å². The Kier molecular flexibility index (Phi) is 5.92. The molecule has 2 N–H and O–H groups in total. The molecule has 0 aliphatic heterocycles. The molecule has 0 radical (unpaired) electrons. The third-order valence-corrected chi connectivity index (χ3v) is 4.84. The van der Waals surface area contributed by atoms with Gasteiger partial charge in [0.2, 0.25) is 0 Å². The minimum Gasteiger partial charge on any atom is -0.352 e. The smallest absolute Gasteiger partial charge is 0.171 e. The zero-order chi connectivity index (χ0) is 19.4. The Balaban J connectivity index is 1.88. The molecule has 3 aromatic carbocycles. The molecule has 0 heterocycles. The van der Waals surface area contributed by atoms with E-state index in [4.69, 9.17) is 12.2 Å². The molecule has 0 spiro atoms. The van der Waals surface area contributed by atoms with E-state index in [1.807, 2.05) is 6.07 Å². The van der Waals surface area contributed by atoms with Crippen LogP contribution in [0.5, 0.6) is 0 Å². The summed E-state index contributed by atoms with van der Waals surface area (Å²) in [4.78, 5) is 0. The molecule has 3 heteroatoms. The van der Waals surface area contributed by atoms with Crippen LogP contribution in [-0.4, -0.2) is 5.11 Å². The second-order valence-corrected chi connectivity index (χ2v) is 7.59. The lowest BCUT2D eigenvalue weighted by Crippen LogP contribution is -2.33. The molecule has 0 bridgehead atoms. The Labute approximate surface area is 167 Å². The third-order valence-electron chi connectivity index (χ3n) is 4.62. The van der Waals surface area contributed by atoms with Crippen LogP contribution in [0.15, 0.2) is 66.7 Å². The molecule has 27 heavy (non-hydrogen) atoms. The predicted octanol–water partition coefficient (Wildman–Crippen LogP) is 6.00. The summed E-state index contributed by atoms with van der Waals surface area (Å²) < 4.78 is 0. The summed E-state index contributed by atoms with van der Waals surface area (Å²) in [6, 6.07) is 23.4. The summed E-state index contributed by atoms with van der Waals surface area (Å²) in [5.74, 6) is 0. The monoisotopic (exact) mass is 374 g/mol. The Morgan fingerprint density at radius 3 is 2.07 bits per heavy atom. The van der Waals surface area contributed by atoms with Gasteiger partial charge in [-0.05, 0) is 79.9 Å². The summed E-state index contributed by atoms with van der Waals surface area (Å²) in [6.45, 7) is 8.46. The summed E-state index contributed by atoms with van der Waals surface area (Å²) in [5.41, 5.74) is 8.39. The van der Waals surface area contributed by atoms with Gasteiger partial charge in [0.1, 0.15) is 0 Å². The van der Waals surface area contributed by atoms with E-state index in [0.29, 0.717) is 5.11 Å². The summed E-state index contributed by atoms with van der Waals surface area (Å²) in [5, 5.41) is 7.48. The van der Waals surface area contributed by atoms with Crippen molar-refractivity contribution in [3.05, 3.63) is 100 Å². The van der Waals surface area contributed by atoms with Crippen molar-refractivity contribution in [3.8, 4) is 0 Å². The van der Waals surface area contributed by atoms with E-state index in [1.165, 1.54) is 33.4 Å². The van der Waals surface area contributed by atoms with Gasteiger partial charge in [0.15, 0.2) is 5.11 Å². The number of thiocarbonyl (C=S) groups is 1. The van der Waals surface area contributed by atoms with E-state index in [0.717, 1.165) is 5.69 Å². The predicted molar refractivity (Wildman–Crippen MR) is 119 cm³/mol. The van der Waals surface area contributed by atoms with Crippen molar-refractivity contribution in [1.29, 1.82) is 0 Å². The van der Waals surface area contributed by atoms with Crippen molar-refractivity contribution in [2.75, 3.05) is 5.32 Å². The Morgan fingerprint density at radius 1 is 0.778 bits per heavy atom. The molecule has 0 fully saturated rings. The number of anilines is 1. The molecule has 3 rings (SSSR count). The molecular weight excluding hydrogens is 348 g/mol. The van der Waals surface area contributed by atoms with Gasteiger partial charge in [0, 0.05) is 5.69 Å². The topological polar surface area (TPSA) is 24.1 Å². The van der Waals surface area contributed by atoms with Crippen molar-refractivity contribution in [2.24, 2.45) is 0 Å². The van der Waals surface area contributed by atoms with Crippen molar-refractivity contribution in [3.63, 3.8) is 0 Å². The first-order valence-electron chi connectivity index (χ1n) is 9.20. The SMILES string of the molecule is Cc1cc(C)cc(NC(=S)N[C@@H](c2ccccc2)c2ccc(C)cc2C)c1. The molecule has 138 valence electrons. The highest BCUT2D eigenvalue weighted by molar-refractivity contribution is 7.80. The molecule has 0 amide bonds. The van der Waals surface area contributed by atoms with E-state index in [1.54, 1.807) is 0 Å². The van der Waals surface area contributed by atoms with Gasteiger partial charge in [0.25, 0.3) is 0 Å². The van der Waals surface area contributed by atoms with Crippen molar-refractivity contribution in [1.82, 2.24) is 5.32 Å². The van der Waals surface area contributed by atoms with Gasteiger partial charge in [-0.3, -0.25) is 0 Å². The zero-order valence-corrected chi connectivity index (χ0v) is 17.2. The van der Waals surface area contributed by atoms with E-state index in [2.05, 4.69) is 99.0 Å². The fraction of sp³-hybridized carbons (Fsp3) is 0.208. The van der Waals surface area contributed by atoms with E-state index in [9.17, 15) is 0 Å². The van der Waals surface area contributed by atoms with Gasteiger partial charge < -0.3 is 10.6 Å². The van der Waals surface area contributed by atoms with Crippen molar-refractivity contribution in [2.45, 2.75) is 33.7 Å². The fourth-order valence-corrected chi connectivity index (χ4v) is 3.72. The van der Waals surface area contributed by atoms with E-state index >= 15 is 0 Å². The molecule has 0 aliphatic carbocycles. The number of aryl methyl sites for hydroxylation is 4. The Morgan fingerprint density at radius 2 is 1.44 bits per heavy atom. The normalized spacial score (nSPS) is 11.7. The number of hydrogen-bond donors (Lipinski definition) is 2. The van der Waals surface area contributed by atoms with Gasteiger partial charge in [-0.2, -0.15) is 0 Å². The summed E-state index contributed by atoms with van der Waals surface area (Å²) in [7, 11) is 0. The summed E-state index contributed by atoms with van der Waals surface area (Å²) >= 11 is 5.65. The van der Waals surface area contributed by atoms with Gasteiger partial charge in [-0.25, -0.2) is 0 Å². The summed E-state index contributed by atoms with van der Waals surface area (Å²) in [6.07, 6.45) is 0. The third kappa shape index (κ3) is 4.95. The highest BCUT2D eigenvalue weighted by Gasteiger charge is 2.17. The van der Waals surface area contributed by atoms with Crippen molar-refractivity contribution < 1.29 is 0 Å². The van der Waals surface area contributed by atoms with Crippen LogP contribution in [0.25, 0.3) is 0 Å². The van der Waals surface area contributed by atoms with Crippen LogP contribution in [-0.2, 0) is 0 Å². The number of rotatable bonds is 4. The molecule has 0 aliphatic rings. The van der Waals surface area contributed by atoms with Crippen LogP contribution < -0.4 is 10.6 Å². The lowest BCUT2D eigenvalue weighted by Gasteiger charge is -2.24. The Bertz CT molecular complexity index is 928. The minimum atomic E-state index is -0.00212. The number of hydrogen-bond acceptors (Lipinski definition) is 1. The molecule has 0 saturated carbocycles. The average molecular weight is 375 g/mol. The second-order valence-electron chi connectivity index (χ2n) is 7.18. The number of benzene rings is 3. The number of nitrogens with one attached hydrogen (secondary N) is 2. The molecule has 0 saturated heterocycles. The lowest BCUT2D eigenvalue weighted by atomic mass is 9.94. The standard InChI is InChI=1S/C24H26N2S/c1-16-10-11-22(19(4)13-16)23(20-8-6-5-7-9-20)26-24(27)25-21-14-17(2)12-18(3)15-21/h5-15,23H,1-4H3,(H2,25,26,27)/t23-/m0/s1. The molecular formula is C24H26N2S. The van der Waals surface area contributed by atoms with Crippen LogP contribution in [0, 0.1) is 27.7 Å². The lowest BCUT2D eigenvalue weighted by molar-refractivity contribution is 0.762. The molecule has 0 unspecified atom stereocenters. The molecule has 1 atom stereocenters. The van der Waals surface area contributed by atoms with Gasteiger partial charge in [-0.15, -0.1) is 0 Å². The van der Waals surface area contributed by atoms with E-state index in [-0.39, 0.29) is 6.04 Å². The van der Waals surface area contributed by atoms with Gasteiger partial charge in [-0.1, -0.05) is 60.2 Å². The molecule has 3 aromatic rings. The quantitative estimate of drug-likeness (QED) is 0.548. The molecule has 0 aromatic heterocycles.